The van der Waals surface area contributed by atoms with Crippen LogP contribution in [0.5, 0.6) is 5.75 Å². The molecule has 1 N–H and O–H groups in total. The van der Waals surface area contributed by atoms with Crippen molar-refractivity contribution in [2.45, 2.75) is 45.3 Å². The van der Waals surface area contributed by atoms with E-state index in [1.54, 1.807) is 29.7 Å². The molecule has 1 aliphatic rings. The summed E-state index contributed by atoms with van der Waals surface area (Å²) >= 11 is 0. The zero-order valence-electron chi connectivity index (χ0n) is 16.1. The Hall–Kier alpha value is -2.80. The van der Waals surface area contributed by atoms with Crippen LogP contribution in [-0.4, -0.2) is 26.4 Å². The number of imidazole rings is 1. The van der Waals surface area contributed by atoms with Crippen molar-refractivity contribution in [3.63, 3.8) is 0 Å². The number of pyridine rings is 1. The van der Waals surface area contributed by atoms with E-state index in [2.05, 4.69) is 4.98 Å². The van der Waals surface area contributed by atoms with Crippen LogP contribution in [0.15, 0.2) is 36.5 Å². The molecular formula is C22H22F2N2O3. The summed E-state index contributed by atoms with van der Waals surface area (Å²) in [4.78, 5) is 17.4. The van der Waals surface area contributed by atoms with E-state index in [9.17, 15) is 18.7 Å². The van der Waals surface area contributed by atoms with E-state index < -0.39 is 17.7 Å². The number of aliphatic hydroxyl groups is 1. The second-order valence-corrected chi connectivity index (χ2v) is 7.49. The first kappa shape index (κ1) is 19.5. The average Bonchev–Trinajstić information content (AvgIpc) is 3.23. The molecule has 2 heterocycles. The van der Waals surface area contributed by atoms with Crippen molar-refractivity contribution in [2.24, 2.45) is 5.92 Å². The van der Waals surface area contributed by atoms with Crippen molar-refractivity contribution < 1.29 is 23.4 Å². The third kappa shape index (κ3) is 3.74. The Morgan fingerprint density at radius 2 is 2.00 bits per heavy atom. The quantitative estimate of drug-likeness (QED) is 0.629. The minimum absolute atomic E-state index is 0.0316. The van der Waals surface area contributed by atoms with Crippen LogP contribution in [0.1, 0.15) is 47.4 Å². The van der Waals surface area contributed by atoms with Gasteiger partial charge in [0.05, 0.1) is 17.4 Å². The highest BCUT2D eigenvalue weighted by Gasteiger charge is 2.29. The summed E-state index contributed by atoms with van der Waals surface area (Å²) in [5.74, 6) is -1.14. The fraction of sp³-hybridized carbons (Fsp3) is 0.364. The van der Waals surface area contributed by atoms with Gasteiger partial charge in [-0.25, -0.2) is 13.8 Å². The van der Waals surface area contributed by atoms with Crippen molar-refractivity contribution >= 4 is 11.4 Å². The predicted molar refractivity (Wildman–Crippen MR) is 103 cm³/mol. The second-order valence-electron chi connectivity index (χ2n) is 7.49. The van der Waals surface area contributed by atoms with Crippen LogP contribution >= 0.6 is 0 Å². The van der Waals surface area contributed by atoms with Gasteiger partial charge in [-0.3, -0.25) is 9.20 Å². The first-order chi connectivity index (χ1) is 14.0. The molecule has 0 amide bonds. The van der Waals surface area contributed by atoms with Gasteiger partial charge in [0.15, 0.2) is 17.2 Å². The number of carbonyl (C=O) groups is 1. The fourth-order valence-corrected chi connectivity index (χ4v) is 4.01. The number of hydrogen-bond donors (Lipinski definition) is 1. The maximum absolute atomic E-state index is 13.9. The topological polar surface area (TPSA) is 63.8 Å². The van der Waals surface area contributed by atoms with E-state index >= 15 is 0 Å². The van der Waals surface area contributed by atoms with Gasteiger partial charge in [-0.2, -0.15) is 0 Å². The van der Waals surface area contributed by atoms with Crippen LogP contribution in [0.25, 0.3) is 5.65 Å². The van der Waals surface area contributed by atoms with Gasteiger partial charge < -0.3 is 9.84 Å². The van der Waals surface area contributed by atoms with Crippen LogP contribution in [0, 0.1) is 24.5 Å². The summed E-state index contributed by atoms with van der Waals surface area (Å²) in [6.45, 7) is 1.45. The molecule has 1 aromatic carbocycles. The molecule has 1 fully saturated rings. The third-order valence-electron chi connectivity index (χ3n) is 5.55. The van der Waals surface area contributed by atoms with Gasteiger partial charge in [-0.1, -0.05) is 12.5 Å². The Bertz CT molecular complexity index is 1040. The summed E-state index contributed by atoms with van der Waals surface area (Å²) in [5.41, 5.74) is 1.25. The van der Waals surface area contributed by atoms with E-state index in [0.29, 0.717) is 22.8 Å². The predicted octanol–water partition coefficient (Wildman–Crippen LogP) is 4.23. The number of Topliss-reactive ketones (excluding diaryl/α,β-unsaturated/α-hetero) is 1. The maximum atomic E-state index is 13.9. The van der Waals surface area contributed by atoms with Crippen LogP contribution in [0.4, 0.5) is 8.78 Å². The summed E-state index contributed by atoms with van der Waals surface area (Å²) in [6, 6.07) is 7.00. The first-order valence-electron chi connectivity index (χ1n) is 9.70. The molecule has 0 bridgehead atoms. The van der Waals surface area contributed by atoms with Crippen LogP contribution < -0.4 is 4.74 Å². The molecule has 152 valence electrons. The van der Waals surface area contributed by atoms with Gasteiger partial charge >= 0.3 is 0 Å². The largest absolute Gasteiger partial charge is 0.485 e. The Kier molecular flexibility index (Phi) is 5.32. The van der Waals surface area contributed by atoms with Gasteiger partial charge in [0, 0.05) is 12.6 Å². The number of nitrogens with zero attached hydrogens (tertiary/aromatic N) is 2. The summed E-state index contributed by atoms with van der Waals surface area (Å²) in [5, 5.41) is 10.0. The lowest BCUT2D eigenvalue weighted by Gasteiger charge is -2.13. The summed E-state index contributed by atoms with van der Waals surface area (Å²) in [7, 11) is 0. The number of hydrogen-bond acceptors (Lipinski definition) is 4. The number of aromatic nitrogens is 2. The number of benzene rings is 1. The molecule has 3 aromatic rings. The van der Waals surface area contributed by atoms with Crippen molar-refractivity contribution in [3.8, 4) is 5.75 Å². The Balaban J connectivity index is 1.61. The van der Waals surface area contributed by atoms with Crippen molar-refractivity contribution in [3.05, 3.63) is 65.1 Å². The minimum atomic E-state index is -0.678. The number of ether oxygens (including phenoxy) is 1. The van der Waals surface area contributed by atoms with E-state index in [-0.39, 0.29) is 30.3 Å². The van der Waals surface area contributed by atoms with Gasteiger partial charge in [-0.05, 0) is 49.9 Å². The smallest absolute Gasteiger partial charge is 0.181 e. The zero-order chi connectivity index (χ0) is 20.5. The lowest BCUT2D eigenvalue weighted by molar-refractivity contribution is 0.0862. The molecule has 7 heteroatoms. The molecule has 2 aromatic heterocycles. The Morgan fingerprint density at radius 1 is 1.24 bits per heavy atom. The maximum Gasteiger partial charge on any atom is 0.181 e. The monoisotopic (exact) mass is 400 g/mol. The number of fused-ring (bicyclic) bond motifs is 1. The SMILES string of the molecule is Cc1nc2c(OCc3c(F)cccc3F)cccn2c1C(=O)C[C@@H]1CCC[C@H]1O. The normalized spacial score (nSPS) is 19.0. The van der Waals surface area contributed by atoms with E-state index in [0.717, 1.165) is 19.3 Å². The summed E-state index contributed by atoms with van der Waals surface area (Å²) in [6.07, 6.45) is 4.04. The molecule has 0 aliphatic heterocycles. The number of ketones is 1. The molecule has 1 aliphatic carbocycles. The first-order valence-corrected chi connectivity index (χ1v) is 9.70. The molecule has 1 saturated carbocycles. The summed E-state index contributed by atoms with van der Waals surface area (Å²) < 4.78 is 35.0. The number of aryl methyl sites for hydroxylation is 1. The van der Waals surface area contributed by atoms with Crippen LogP contribution in [0.2, 0.25) is 0 Å². The zero-order valence-corrected chi connectivity index (χ0v) is 16.1. The Morgan fingerprint density at radius 3 is 2.69 bits per heavy atom. The van der Waals surface area contributed by atoms with Gasteiger partial charge in [0.2, 0.25) is 0 Å². The van der Waals surface area contributed by atoms with E-state index in [1.165, 1.54) is 18.2 Å². The van der Waals surface area contributed by atoms with Crippen LogP contribution in [0.3, 0.4) is 0 Å². The molecule has 0 unspecified atom stereocenters. The van der Waals surface area contributed by atoms with E-state index in [1.807, 2.05) is 0 Å². The molecule has 4 rings (SSSR count). The van der Waals surface area contributed by atoms with Crippen molar-refractivity contribution in [2.75, 3.05) is 0 Å². The number of rotatable bonds is 6. The van der Waals surface area contributed by atoms with Gasteiger partial charge in [0.1, 0.15) is 23.9 Å². The fourth-order valence-electron chi connectivity index (χ4n) is 4.01. The molecule has 5 nitrogen and oxygen atoms in total. The molecule has 29 heavy (non-hydrogen) atoms. The number of carbonyl (C=O) groups excluding carboxylic acids is 1. The standard InChI is InChI=1S/C22H22F2N2O3/c1-13-21(19(28)11-14-5-2-8-18(14)27)26-10-4-9-20(22(26)25-13)29-12-15-16(23)6-3-7-17(15)24/h3-4,6-7,9-10,14,18,27H,2,5,8,11-12H2,1H3/t14-,18+/m0/s1. The highest BCUT2D eigenvalue weighted by molar-refractivity contribution is 5.97. The van der Waals surface area contributed by atoms with E-state index in [4.69, 9.17) is 4.74 Å². The Labute approximate surface area is 167 Å². The third-order valence-corrected chi connectivity index (χ3v) is 5.55. The molecular weight excluding hydrogens is 378 g/mol. The highest BCUT2D eigenvalue weighted by Crippen LogP contribution is 2.31. The number of aliphatic hydroxyl groups excluding tert-OH is 1. The van der Waals surface area contributed by atoms with Crippen LogP contribution in [-0.2, 0) is 6.61 Å². The molecule has 0 saturated heterocycles. The molecule has 0 radical (unpaired) electrons. The minimum Gasteiger partial charge on any atom is -0.485 e. The highest BCUT2D eigenvalue weighted by atomic mass is 19.1. The van der Waals surface area contributed by atoms with Gasteiger partial charge in [-0.15, -0.1) is 0 Å². The van der Waals surface area contributed by atoms with Crippen molar-refractivity contribution in [1.82, 2.24) is 9.38 Å². The second kappa shape index (κ2) is 7.91. The lowest BCUT2D eigenvalue weighted by atomic mass is 9.97. The van der Waals surface area contributed by atoms with Crippen molar-refractivity contribution in [1.29, 1.82) is 0 Å². The van der Waals surface area contributed by atoms with Gasteiger partial charge in [0.25, 0.3) is 0 Å². The average molecular weight is 400 g/mol. The molecule has 2 atom stereocenters. The lowest BCUT2D eigenvalue weighted by Crippen LogP contribution is -2.18. The number of halogens is 2. The molecule has 0 spiro atoms.